The number of rotatable bonds is 7. The van der Waals surface area contributed by atoms with Gasteiger partial charge in [-0.1, -0.05) is 38.1 Å². The van der Waals surface area contributed by atoms with Crippen molar-refractivity contribution in [3.05, 3.63) is 60.4 Å². The molecule has 3 aromatic rings. The van der Waals surface area contributed by atoms with Gasteiger partial charge in [0.1, 0.15) is 6.33 Å². The van der Waals surface area contributed by atoms with Gasteiger partial charge in [-0.2, -0.15) is 0 Å². The molecule has 142 valence electrons. The number of sulfonamides is 1. The van der Waals surface area contributed by atoms with E-state index in [0.717, 1.165) is 18.4 Å². The van der Waals surface area contributed by atoms with Crippen LogP contribution >= 0.6 is 0 Å². The number of nitrogens with zero attached hydrogens (tertiary/aromatic N) is 3. The van der Waals surface area contributed by atoms with Crippen molar-refractivity contribution >= 4 is 15.7 Å². The summed E-state index contributed by atoms with van der Waals surface area (Å²) < 4.78 is 30.1. The van der Waals surface area contributed by atoms with Gasteiger partial charge < -0.3 is 4.57 Å². The van der Waals surface area contributed by atoms with Crippen LogP contribution in [0.5, 0.6) is 0 Å². The van der Waals surface area contributed by atoms with Crippen molar-refractivity contribution in [3.8, 4) is 11.4 Å². The van der Waals surface area contributed by atoms with Gasteiger partial charge in [0.2, 0.25) is 0 Å². The summed E-state index contributed by atoms with van der Waals surface area (Å²) in [5, 5.41) is 7.94. The SMILES string of the molecule is CC(C)CCc1ccc(S(=O)(=O)Nc2ccccc2-c2nncn2C)cc1. The largest absolute Gasteiger partial charge is 0.317 e. The van der Waals surface area contributed by atoms with Crippen LogP contribution in [-0.2, 0) is 23.5 Å². The van der Waals surface area contributed by atoms with Crippen LogP contribution in [-0.4, -0.2) is 23.2 Å². The molecule has 1 aromatic heterocycles. The van der Waals surface area contributed by atoms with Gasteiger partial charge in [-0.05, 0) is 48.6 Å². The van der Waals surface area contributed by atoms with Gasteiger partial charge in [-0.15, -0.1) is 10.2 Å². The summed E-state index contributed by atoms with van der Waals surface area (Å²) in [7, 11) is -1.88. The molecule has 0 saturated carbocycles. The minimum atomic E-state index is -3.70. The molecular weight excluding hydrogens is 360 g/mol. The minimum absolute atomic E-state index is 0.239. The third kappa shape index (κ3) is 4.54. The van der Waals surface area contributed by atoms with E-state index in [-0.39, 0.29) is 4.90 Å². The number of aromatic nitrogens is 3. The number of nitrogens with one attached hydrogen (secondary N) is 1. The number of benzene rings is 2. The molecule has 7 heteroatoms. The standard InChI is InChI=1S/C20H24N4O2S/c1-15(2)8-9-16-10-12-17(13-11-16)27(25,26)23-19-7-5-4-6-18(19)20-22-21-14-24(20)3/h4-7,10-15,23H,8-9H2,1-3H3. The van der Waals surface area contributed by atoms with Crippen molar-refractivity contribution in [2.24, 2.45) is 13.0 Å². The molecule has 0 radical (unpaired) electrons. The third-order valence-corrected chi connectivity index (χ3v) is 5.75. The lowest BCUT2D eigenvalue weighted by Gasteiger charge is -2.12. The summed E-state index contributed by atoms with van der Waals surface area (Å²) in [6, 6.07) is 14.2. The molecule has 0 aliphatic rings. The second-order valence-corrected chi connectivity index (χ2v) is 8.68. The van der Waals surface area contributed by atoms with Gasteiger partial charge in [0.05, 0.1) is 10.6 Å². The van der Waals surface area contributed by atoms with Gasteiger partial charge in [0, 0.05) is 12.6 Å². The van der Waals surface area contributed by atoms with E-state index in [0.29, 0.717) is 23.0 Å². The van der Waals surface area contributed by atoms with E-state index >= 15 is 0 Å². The van der Waals surface area contributed by atoms with E-state index in [1.807, 2.05) is 31.3 Å². The average molecular weight is 385 g/mol. The van der Waals surface area contributed by atoms with Crippen molar-refractivity contribution < 1.29 is 8.42 Å². The van der Waals surface area contributed by atoms with E-state index < -0.39 is 10.0 Å². The monoisotopic (exact) mass is 384 g/mol. The van der Waals surface area contributed by atoms with Gasteiger partial charge in [0.25, 0.3) is 10.0 Å². The Labute approximate surface area is 160 Å². The van der Waals surface area contributed by atoms with Crippen molar-refractivity contribution in [1.82, 2.24) is 14.8 Å². The normalized spacial score (nSPS) is 11.7. The maximum atomic E-state index is 12.8. The molecule has 0 bridgehead atoms. The third-order valence-electron chi connectivity index (χ3n) is 4.37. The van der Waals surface area contributed by atoms with Crippen LogP contribution in [0, 0.1) is 5.92 Å². The fourth-order valence-corrected chi connectivity index (χ4v) is 3.87. The molecule has 0 aliphatic carbocycles. The molecule has 3 rings (SSSR count). The predicted octanol–water partition coefficient (Wildman–Crippen LogP) is 3.87. The fourth-order valence-electron chi connectivity index (χ4n) is 2.79. The molecule has 1 heterocycles. The van der Waals surface area contributed by atoms with E-state index in [1.165, 1.54) is 0 Å². The summed E-state index contributed by atoms with van der Waals surface area (Å²) in [4.78, 5) is 0.239. The molecule has 0 fully saturated rings. The number of hydrogen-bond acceptors (Lipinski definition) is 4. The zero-order valence-electron chi connectivity index (χ0n) is 15.8. The quantitative estimate of drug-likeness (QED) is 0.671. The molecule has 0 unspecified atom stereocenters. The van der Waals surface area contributed by atoms with E-state index in [2.05, 4.69) is 28.8 Å². The molecule has 2 aromatic carbocycles. The van der Waals surface area contributed by atoms with Crippen LogP contribution in [0.2, 0.25) is 0 Å². The van der Waals surface area contributed by atoms with Crippen molar-refractivity contribution in [3.63, 3.8) is 0 Å². The maximum absolute atomic E-state index is 12.8. The minimum Gasteiger partial charge on any atom is -0.317 e. The van der Waals surface area contributed by atoms with Crippen molar-refractivity contribution in [2.75, 3.05) is 4.72 Å². The Hall–Kier alpha value is -2.67. The van der Waals surface area contributed by atoms with Gasteiger partial charge in [-0.3, -0.25) is 4.72 Å². The Bertz CT molecular complexity index is 1010. The number of hydrogen-bond donors (Lipinski definition) is 1. The second kappa shape index (κ2) is 7.92. The van der Waals surface area contributed by atoms with Crippen LogP contribution in [0.3, 0.4) is 0 Å². The van der Waals surface area contributed by atoms with E-state index in [1.54, 1.807) is 35.2 Å². The highest BCUT2D eigenvalue weighted by Crippen LogP contribution is 2.28. The molecule has 1 N–H and O–H groups in total. The van der Waals surface area contributed by atoms with Crippen molar-refractivity contribution in [1.29, 1.82) is 0 Å². The lowest BCUT2D eigenvalue weighted by Crippen LogP contribution is -2.14. The zero-order chi connectivity index (χ0) is 19.4. The van der Waals surface area contributed by atoms with Crippen LogP contribution < -0.4 is 4.72 Å². The summed E-state index contributed by atoms with van der Waals surface area (Å²) >= 11 is 0. The van der Waals surface area contributed by atoms with Gasteiger partial charge in [0.15, 0.2) is 5.82 Å². The summed E-state index contributed by atoms with van der Waals surface area (Å²) in [5.41, 5.74) is 2.29. The molecule has 0 amide bonds. The lowest BCUT2D eigenvalue weighted by atomic mass is 10.0. The van der Waals surface area contributed by atoms with E-state index in [9.17, 15) is 8.42 Å². The molecule has 27 heavy (non-hydrogen) atoms. The second-order valence-electron chi connectivity index (χ2n) is 6.99. The first-order chi connectivity index (χ1) is 12.9. The highest BCUT2D eigenvalue weighted by atomic mass is 32.2. The number of aryl methyl sites for hydroxylation is 2. The Kier molecular flexibility index (Phi) is 5.60. The van der Waals surface area contributed by atoms with E-state index in [4.69, 9.17) is 0 Å². The zero-order valence-corrected chi connectivity index (χ0v) is 16.6. The molecular formula is C20H24N4O2S. The highest BCUT2D eigenvalue weighted by Gasteiger charge is 2.18. The van der Waals surface area contributed by atoms with Gasteiger partial charge >= 0.3 is 0 Å². The number of para-hydroxylation sites is 1. The Morgan fingerprint density at radius 3 is 2.41 bits per heavy atom. The van der Waals surface area contributed by atoms with Crippen molar-refractivity contribution in [2.45, 2.75) is 31.6 Å². The van der Waals surface area contributed by atoms with Crippen LogP contribution in [0.15, 0.2) is 59.8 Å². The summed E-state index contributed by atoms with van der Waals surface area (Å²) in [6.45, 7) is 4.36. The highest BCUT2D eigenvalue weighted by molar-refractivity contribution is 7.92. The van der Waals surface area contributed by atoms with Crippen LogP contribution in [0.4, 0.5) is 5.69 Å². The Morgan fingerprint density at radius 1 is 1.07 bits per heavy atom. The first-order valence-electron chi connectivity index (χ1n) is 8.92. The smallest absolute Gasteiger partial charge is 0.261 e. The molecule has 0 aliphatic heterocycles. The van der Waals surface area contributed by atoms with Gasteiger partial charge in [-0.25, -0.2) is 8.42 Å². The van der Waals surface area contributed by atoms with Crippen LogP contribution in [0.1, 0.15) is 25.8 Å². The Morgan fingerprint density at radius 2 is 1.78 bits per heavy atom. The summed E-state index contributed by atoms with van der Waals surface area (Å²) in [5.74, 6) is 1.21. The summed E-state index contributed by atoms with van der Waals surface area (Å²) in [6.07, 6.45) is 3.60. The molecule has 0 atom stereocenters. The maximum Gasteiger partial charge on any atom is 0.261 e. The topological polar surface area (TPSA) is 76.9 Å². The molecule has 0 spiro atoms. The fraction of sp³-hybridized carbons (Fsp3) is 0.300. The first kappa shape index (κ1) is 19.1. The molecule has 6 nitrogen and oxygen atoms in total. The Balaban J connectivity index is 1.84. The first-order valence-corrected chi connectivity index (χ1v) is 10.4. The van der Waals surface area contributed by atoms with Crippen LogP contribution in [0.25, 0.3) is 11.4 Å². The average Bonchev–Trinajstić information content (AvgIpc) is 3.06. The lowest BCUT2D eigenvalue weighted by molar-refractivity contribution is 0.586. The number of anilines is 1. The predicted molar refractivity (Wildman–Crippen MR) is 107 cm³/mol. The molecule has 0 saturated heterocycles.